The molecule has 0 amide bonds. The molecule has 3 heteroatoms. The van der Waals surface area contributed by atoms with E-state index in [0.717, 1.165) is 18.4 Å². The molecule has 1 aliphatic carbocycles. The second-order valence-corrected chi connectivity index (χ2v) is 4.30. The molecule has 0 radical (unpaired) electrons. The van der Waals surface area contributed by atoms with E-state index in [1.54, 1.807) is 11.3 Å². The first kappa shape index (κ1) is 8.20. The molecule has 12 heavy (non-hydrogen) atoms. The maximum atomic E-state index is 4.21. The summed E-state index contributed by atoms with van der Waals surface area (Å²) < 4.78 is 0. The summed E-state index contributed by atoms with van der Waals surface area (Å²) in [6.07, 6.45) is 1.41. The zero-order valence-electron chi connectivity index (χ0n) is 7.29. The molecule has 1 aromatic heterocycles. The van der Waals surface area contributed by atoms with Gasteiger partial charge < -0.3 is 5.32 Å². The molecule has 0 saturated heterocycles. The van der Waals surface area contributed by atoms with Crippen LogP contribution >= 0.6 is 11.3 Å². The first-order chi connectivity index (χ1) is 5.86. The molecule has 66 valence electrons. The molecule has 1 fully saturated rings. The van der Waals surface area contributed by atoms with Crippen LogP contribution in [0.25, 0.3) is 0 Å². The van der Waals surface area contributed by atoms with Crippen molar-refractivity contribution in [3.63, 3.8) is 0 Å². The predicted molar refractivity (Wildman–Crippen MR) is 51.1 cm³/mol. The zero-order valence-corrected chi connectivity index (χ0v) is 8.10. The maximum Gasteiger partial charge on any atom is 0.0795 e. The largest absolute Gasteiger partial charge is 0.311 e. The van der Waals surface area contributed by atoms with Gasteiger partial charge in [-0.25, -0.2) is 4.98 Å². The number of hydrogen-bond acceptors (Lipinski definition) is 3. The minimum absolute atomic E-state index is 0.934. The lowest BCUT2D eigenvalue weighted by Crippen LogP contribution is -2.16. The Hall–Kier alpha value is -0.410. The van der Waals surface area contributed by atoms with E-state index < -0.39 is 0 Å². The second-order valence-electron chi connectivity index (χ2n) is 3.58. The summed E-state index contributed by atoms with van der Waals surface area (Å²) in [5.74, 6) is 1.89. The fourth-order valence-electron chi connectivity index (χ4n) is 1.39. The van der Waals surface area contributed by atoms with E-state index in [-0.39, 0.29) is 0 Å². The summed E-state index contributed by atoms with van der Waals surface area (Å²) >= 11 is 1.66. The molecule has 2 nitrogen and oxygen atoms in total. The van der Waals surface area contributed by atoms with Gasteiger partial charge in [0.05, 0.1) is 11.2 Å². The van der Waals surface area contributed by atoms with E-state index in [0.29, 0.717) is 0 Å². The van der Waals surface area contributed by atoms with Crippen LogP contribution < -0.4 is 5.32 Å². The molecule has 1 aliphatic rings. The fraction of sp³-hybridized carbons (Fsp3) is 0.667. The molecule has 1 N–H and O–H groups in total. The SMILES string of the molecule is CC1CC1CNCc1cscn1. The van der Waals surface area contributed by atoms with Gasteiger partial charge in [0.25, 0.3) is 0 Å². The lowest BCUT2D eigenvalue weighted by Gasteiger charge is -1.99. The summed E-state index contributed by atoms with van der Waals surface area (Å²) in [5, 5.41) is 5.52. The molecule has 0 bridgehead atoms. The molecule has 0 aliphatic heterocycles. The van der Waals surface area contributed by atoms with E-state index in [4.69, 9.17) is 0 Å². The van der Waals surface area contributed by atoms with Gasteiger partial charge in [-0.05, 0) is 24.8 Å². The molecule has 1 saturated carbocycles. The van der Waals surface area contributed by atoms with Crippen LogP contribution in [0.1, 0.15) is 19.0 Å². The number of nitrogens with zero attached hydrogens (tertiary/aromatic N) is 1. The topological polar surface area (TPSA) is 24.9 Å². The molecule has 2 atom stereocenters. The Kier molecular flexibility index (Phi) is 2.42. The summed E-state index contributed by atoms with van der Waals surface area (Å²) in [5.41, 5.74) is 3.06. The Morgan fingerprint density at radius 3 is 3.17 bits per heavy atom. The molecular formula is C9H14N2S. The highest BCUT2D eigenvalue weighted by atomic mass is 32.1. The van der Waals surface area contributed by atoms with Gasteiger partial charge in [0, 0.05) is 11.9 Å². The molecule has 2 unspecified atom stereocenters. The molecule has 0 aromatic carbocycles. The van der Waals surface area contributed by atoms with Gasteiger partial charge in [-0.2, -0.15) is 0 Å². The van der Waals surface area contributed by atoms with Gasteiger partial charge >= 0.3 is 0 Å². The lowest BCUT2D eigenvalue weighted by molar-refractivity contribution is 0.607. The van der Waals surface area contributed by atoms with Crippen LogP contribution in [0.3, 0.4) is 0 Å². The standard InChI is InChI=1S/C9H14N2S/c1-7-2-8(7)3-10-4-9-5-12-6-11-9/h5-8,10H,2-4H2,1H3. The second kappa shape index (κ2) is 3.54. The quantitative estimate of drug-likeness (QED) is 0.769. The van der Waals surface area contributed by atoms with E-state index in [2.05, 4.69) is 22.6 Å². The minimum atomic E-state index is 0.934. The van der Waals surface area contributed by atoms with Crippen molar-refractivity contribution >= 4 is 11.3 Å². The monoisotopic (exact) mass is 182 g/mol. The highest BCUT2D eigenvalue weighted by Gasteiger charge is 2.31. The van der Waals surface area contributed by atoms with Crippen LogP contribution in [0.5, 0.6) is 0 Å². The van der Waals surface area contributed by atoms with Gasteiger partial charge in [0.2, 0.25) is 0 Å². The normalized spacial score (nSPS) is 27.4. The van der Waals surface area contributed by atoms with Crippen LogP contribution in [0.15, 0.2) is 10.9 Å². The van der Waals surface area contributed by atoms with Crippen LogP contribution in [0.4, 0.5) is 0 Å². The first-order valence-electron chi connectivity index (χ1n) is 4.44. The Morgan fingerprint density at radius 1 is 1.75 bits per heavy atom. The maximum absolute atomic E-state index is 4.21. The van der Waals surface area contributed by atoms with Gasteiger partial charge in [0.15, 0.2) is 0 Å². The molecule has 1 aromatic rings. The number of aromatic nitrogens is 1. The van der Waals surface area contributed by atoms with E-state index in [1.165, 1.54) is 18.7 Å². The summed E-state index contributed by atoms with van der Waals surface area (Å²) in [4.78, 5) is 4.21. The third-order valence-electron chi connectivity index (χ3n) is 2.47. The van der Waals surface area contributed by atoms with Gasteiger partial charge in [-0.15, -0.1) is 11.3 Å². The van der Waals surface area contributed by atoms with Gasteiger partial charge in [0.1, 0.15) is 0 Å². The van der Waals surface area contributed by atoms with Crippen molar-refractivity contribution in [2.24, 2.45) is 11.8 Å². The zero-order chi connectivity index (χ0) is 8.39. The average molecular weight is 182 g/mol. The van der Waals surface area contributed by atoms with E-state index >= 15 is 0 Å². The summed E-state index contributed by atoms with van der Waals surface area (Å²) in [6, 6.07) is 0. The molecule has 1 heterocycles. The highest BCUT2D eigenvalue weighted by molar-refractivity contribution is 7.07. The van der Waals surface area contributed by atoms with E-state index in [1.807, 2.05) is 5.51 Å². The minimum Gasteiger partial charge on any atom is -0.311 e. The highest BCUT2D eigenvalue weighted by Crippen LogP contribution is 2.36. The van der Waals surface area contributed by atoms with Crippen molar-refractivity contribution in [3.8, 4) is 0 Å². The first-order valence-corrected chi connectivity index (χ1v) is 5.38. The van der Waals surface area contributed by atoms with Gasteiger partial charge in [-0.3, -0.25) is 0 Å². The van der Waals surface area contributed by atoms with Crippen LogP contribution in [0.2, 0.25) is 0 Å². The van der Waals surface area contributed by atoms with Crippen LogP contribution in [-0.2, 0) is 6.54 Å². The van der Waals surface area contributed by atoms with Crippen LogP contribution in [0, 0.1) is 11.8 Å². The Labute approximate surface area is 77.0 Å². The Bertz CT molecular complexity index is 233. The number of thiazole rings is 1. The predicted octanol–water partition coefficient (Wildman–Crippen LogP) is 1.89. The molecule has 2 rings (SSSR count). The van der Waals surface area contributed by atoms with Gasteiger partial charge in [-0.1, -0.05) is 6.92 Å². The molecule has 0 spiro atoms. The third-order valence-corrected chi connectivity index (χ3v) is 3.11. The third kappa shape index (κ3) is 2.05. The van der Waals surface area contributed by atoms with Crippen molar-refractivity contribution in [1.29, 1.82) is 0 Å². The van der Waals surface area contributed by atoms with Crippen molar-refractivity contribution < 1.29 is 0 Å². The number of nitrogens with one attached hydrogen (secondary N) is 1. The van der Waals surface area contributed by atoms with Crippen molar-refractivity contribution in [1.82, 2.24) is 10.3 Å². The summed E-state index contributed by atoms with van der Waals surface area (Å²) in [7, 11) is 0. The van der Waals surface area contributed by atoms with Crippen LogP contribution in [-0.4, -0.2) is 11.5 Å². The van der Waals surface area contributed by atoms with E-state index in [9.17, 15) is 0 Å². The van der Waals surface area contributed by atoms with Crippen molar-refractivity contribution in [3.05, 3.63) is 16.6 Å². The smallest absolute Gasteiger partial charge is 0.0795 e. The Morgan fingerprint density at radius 2 is 2.58 bits per heavy atom. The summed E-state index contributed by atoms with van der Waals surface area (Å²) in [6.45, 7) is 4.42. The lowest BCUT2D eigenvalue weighted by atomic mass is 10.3. The number of hydrogen-bond donors (Lipinski definition) is 1. The number of rotatable bonds is 4. The van der Waals surface area contributed by atoms with Crippen molar-refractivity contribution in [2.45, 2.75) is 19.9 Å². The Balaban J connectivity index is 1.63. The molecular weight excluding hydrogens is 168 g/mol. The fourth-order valence-corrected chi connectivity index (χ4v) is 1.95. The van der Waals surface area contributed by atoms with Crippen molar-refractivity contribution in [2.75, 3.05) is 6.54 Å². The average Bonchev–Trinajstić information content (AvgIpc) is 2.58.